The van der Waals surface area contributed by atoms with Crippen molar-refractivity contribution in [2.45, 2.75) is 13.3 Å². The first kappa shape index (κ1) is 14.0. The van der Waals surface area contributed by atoms with E-state index < -0.39 is 5.76 Å². The molecular formula is C13H18N4O3. The average Bonchev–Trinajstić information content (AvgIpc) is 2.74. The number of hydrogen-bond donors (Lipinski definition) is 3. The van der Waals surface area contributed by atoms with Crippen molar-refractivity contribution >= 4 is 28.4 Å². The number of anilines is 2. The number of nitrogen functional groups attached to an aromatic ring is 1. The molecule has 7 nitrogen and oxygen atoms in total. The summed E-state index contributed by atoms with van der Waals surface area (Å²) in [5.74, 6) is -0.602. The highest BCUT2D eigenvalue weighted by Crippen LogP contribution is 2.26. The Morgan fingerprint density at radius 2 is 2.25 bits per heavy atom. The van der Waals surface area contributed by atoms with Crippen molar-refractivity contribution < 1.29 is 9.21 Å². The van der Waals surface area contributed by atoms with Gasteiger partial charge in [0.2, 0.25) is 5.91 Å². The van der Waals surface area contributed by atoms with Crippen molar-refractivity contribution in [3.8, 4) is 0 Å². The summed E-state index contributed by atoms with van der Waals surface area (Å²) in [5.41, 5.74) is 8.00. The second-order valence-electron chi connectivity index (χ2n) is 4.63. The minimum Gasteiger partial charge on any atom is -0.408 e. The maximum absolute atomic E-state index is 11.7. The summed E-state index contributed by atoms with van der Waals surface area (Å²) in [7, 11) is 1.77. The summed E-state index contributed by atoms with van der Waals surface area (Å²) in [5, 5.41) is 2.80. The van der Waals surface area contributed by atoms with Crippen LogP contribution in [0.25, 0.3) is 11.1 Å². The molecule has 1 aromatic heterocycles. The summed E-state index contributed by atoms with van der Waals surface area (Å²) in [6.45, 7) is 2.83. The molecule has 0 saturated carbocycles. The Kier molecular flexibility index (Phi) is 3.97. The molecule has 2 aromatic rings. The normalized spacial score (nSPS) is 10.7. The molecule has 20 heavy (non-hydrogen) atoms. The Balaban J connectivity index is 2.20. The molecule has 7 heteroatoms. The highest BCUT2D eigenvalue weighted by atomic mass is 16.4. The van der Waals surface area contributed by atoms with Crippen LogP contribution in [0.3, 0.4) is 0 Å². The number of rotatable bonds is 5. The number of amides is 1. The predicted molar refractivity (Wildman–Crippen MR) is 77.8 cm³/mol. The minimum absolute atomic E-state index is 0.0745. The summed E-state index contributed by atoms with van der Waals surface area (Å²) >= 11 is 0. The smallest absolute Gasteiger partial charge is 0.408 e. The van der Waals surface area contributed by atoms with E-state index in [1.165, 1.54) is 0 Å². The zero-order chi connectivity index (χ0) is 14.7. The molecule has 1 aromatic carbocycles. The van der Waals surface area contributed by atoms with Crippen LogP contribution in [0.2, 0.25) is 0 Å². The molecule has 0 bridgehead atoms. The van der Waals surface area contributed by atoms with Gasteiger partial charge in [0.25, 0.3) is 0 Å². The number of nitrogens with zero attached hydrogens (tertiary/aromatic N) is 1. The van der Waals surface area contributed by atoms with E-state index in [2.05, 4.69) is 10.3 Å². The summed E-state index contributed by atoms with van der Waals surface area (Å²) in [4.78, 5) is 27.1. The Labute approximate surface area is 115 Å². The van der Waals surface area contributed by atoms with Crippen LogP contribution in [0.1, 0.15) is 13.3 Å². The van der Waals surface area contributed by atoms with Crippen molar-refractivity contribution in [3.63, 3.8) is 0 Å². The number of aromatic amines is 1. The second kappa shape index (κ2) is 5.68. The van der Waals surface area contributed by atoms with Gasteiger partial charge in [0.1, 0.15) is 0 Å². The fraction of sp³-hybridized carbons (Fsp3) is 0.385. The standard InChI is InChI=1S/C13H18N4O3/c1-3-4-15-12(18)7-17(2)10-6-9-11(5-8(10)14)20-13(19)16-9/h5-6H,3-4,7,14H2,1-2H3,(H,15,18)(H,16,19). The molecule has 1 amide bonds. The number of benzene rings is 1. The van der Waals surface area contributed by atoms with Crippen LogP contribution >= 0.6 is 0 Å². The van der Waals surface area contributed by atoms with Crippen molar-refractivity contribution in [2.24, 2.45) is 0 Å². The third kappa shape index (κ3) is 2.93. The SMILES string of the molecule is CCCNC(=O)CN(C)c1cc2[nH]c(=O)oc2cc1N. The van der Waals surface area contributed by atoms with Crippen LogP contribution in [0.5, 0.6) is 0 Å². The number of nitrogens with one attached hydrogen (secondary N) is 2. The van der Waals surface area contributed by atoms with E-state index in [1.54, 1.807) is 24.1 Å². The molecule has 0 aliphatic carbocycles. The van der Waals surface area contributed by atoms with Gasteiger partial charge < -0.3 is 20.4 Å². The summed E-state index contributed by atoms with van der Waals surface area (Å²) in [6.07, 6.45) is 0.889. The van der Waals surface area contributed by atoms with E-state index in [0.29, 0.717) is 29.0 Å². The lowest BCUT2D eigenvalue weighted by molar-refractivity contribution is -0.119. The van der Waals surface area contributed by atoms with Crippen LogP contribution in [0, 0.1) is 0 Å². The maximum atomic E-state index is 11.7. The molecule has 0 saturated heterocycles. The lowest BCUT2D eigenvalue weighted by Gasteiger charge is -2.20. The zero-order valence-electron chi connectivity index (χ0n) is 11.5. The molecule has 2 rings (SSSR count). The van der Waals surface area contributed by atoms with E-state index >= 15 is 0 Å². The number of H-pyrrole nitrogens is 1. The highest BCUT2D eigenvalue weighted by Gasteiger charge is 2.12. The predicted octanol–water partition coefficient (Wildman–Crippen LogP) is 0.666. The first-order chi connectivity index (χ1) is 9.51. The topological polar surface area (TPSA) is 104 Å². The monoisotopic (exact) mass is 278 g/mol. The van der Waals surface area contributed by atoms with Crippen LogP contribution in [-0.2, 0) is 4.79 Å². The van der Waals surface area contributed by atoms with Crippen LogP contribution < -0.4 is 21.7 Å². The molecule has 0 unspecified atom stereocenters. The van der Waals surface area contributed by atoms with Crippen molar-refractivity contribution in [2.75, 3.05) is 30.8 Å². The molecular weight excluding hydrogens is 260 g/mol. The first-order valence-electron chi connectivity index (χ1n) is 6.41. The van der Waals surface area contributed by atoms with Gasteiger partial charge in [-0.1, -0.05) is 6.92 Å². The molecule has 0 aliphatic rings. The van der Waals surface area contributed by atoms with Crippen molar-refractivity contribution in [1.82, 2.24) is 10.3 Å². The Hall–Kier alpha value is -2.44. The van der Waals surface area contributed by atoms with Gasteiger partial charge >= 0.3 is 5.76 Å². The highest BCUT2D eigenvalue weighted by molar-refractivity contribution is 5.88. The summed E-state index contributed by atoms with van der Waals surface area (Å²) in [6, 6.07) is 3.27. The number of oxazole rings is 1. The number of fused-ring (bicyclic) bond motifs is 1. The number of likely N-dealkylation sites (N-methyl/N-ethyl adjacent to an activating group) is 1. The fourth-order valence-electron chi connectivity index (χ4n) is 1.95. The van der Waals surface area contributed by atoms with Crippen LogP contribution in [0.4, 0.5) is 11.4 Å². The largest absolute Gasteiger partial charge is 0.417 e. The van der Waals surface area contributed by atoms with Gasteiger partial charge in [0, 0.05) is 19.7 Å². The second-order valence-corrected chi connectivity index (χ2v) is 4.63. The third-order valence-electron chi connectivity index (χ3n) is 2.93. The Morgan fingerprint density at radius 3 is 2.95 bits per heavy atom. The maximum Gasteiger partial charge on any atom is 0.417 e. The van der Waals surface area contributed by atoms with E-state index in [9.17, 15) is 9.59 Å². The van der Waals surface area contributed by atoms with E-state index in [0.717, 1.165) is 6.42 Å². The molecule has 0 fully saturated rings. The van der Waals surface area contributed by atoms with Gasteiger partial charge in [0.15, 0.2) is 5.58 Å². The first-order valence-corrected chi connectivity index (χ1v) is 6.41. The Morgan fingerprint density at radius 1 is 1.50 bits per heavy atom. The Bertz CT molecular complexity index is 674. The van der Waals surface area contributed by atoms with E-state index in [-0.39, 0.29) is 12.5 Å². The van der Waals surface area contributed by atoms with Gasteiger partial charge in [-0.15, -0.1) is 0 Å². The average molecular weight is 278 g/mol. The van der Waals surface area contributed by atoms with E-state index in [4.69, 9.17) is 10.2 Å². The minimum atomic E-state index is -0.528. The van der Waals surface area contributed by atoms with Gasteiger partial charge in [0.05, 0.1) is 23.4 Å². The van der Waals surface area contributed by atoms with Gasteiger partial charge in [-0.25, -0.2) is 4.79 Å². The van der Waals surface area contributed by atoms with Crippen LogP contribution in [0.15, 0.2) is 21.3 Å². The molecule has 0 radical (unpaired) electrons. The third-order valence-corrected chi connectivity index (χ3v) is 2.93. The van der Waals surface area contributed by atoms with Crippen LogP contribution in [-0.4, -0.2) is 31.0 Å². The lowest BCUT2D eigenvalue weighted by atomic mass is 10.2. The fourth-order valence-corrected chi connectivity index (χ4v) is 1.95. The molecule has 0 aliphatic heterocycles. The number of carbonyl (C=O) groups excluding carboxylic acids is 1. The zero-order valence-corrected chi connectivity index (χ0v) is 11.5. The number of hydrogen-bond acceptors (Lipinski definition) is 5. The molecule has 108 valence electrons. The van der Waals surface area contributed by atoms with Crippen molar-refractivity contribution in [3.05, 3.63) is 22.7 Å². The van der Waals surface area contributed by atoms with Gasteiger partial charge in [-0.05, 0) is 12.5 Å². The van der Waals surface area contributed by atoms with E-state index in [1.807, 2.05) is 6.92 Å². The molecule has 4 N–H and O–H groups in total. The summed E-state index contributed by atoms with van der Waals surface area (Å²) < 4.78 is 4.93. The number of nitrogens with two attached hydrogens (primary N) is 1. The lowest BCUT2D eigenvalue weighted by Crippen LogP contribution is -2.35. The molecule has 0 atom stereocenters. The van der Waals surface area contributed by atoms with Gasteiger partial charge in [-0.3, -0.25) is 9.78 Å². The molecule has 1 heterocycles. The number of carbonyl (C=O) groups is 1. The van der Waals surface area contributed by atoms with Gasteiger partial charge in [-0.2, -0.15) is 0 Å². The quantitative estimate of drug-likeness (QED) is 0.697. The molecule has 0 spiro atoms. The number of aromatic nitrogens is 1. The van der Waals surface area contributed by atoms with Crippen molar-refractivity contribution in [1.29, 1.82) is 0 Å².